The van der Waals surface area contributed by atoms with E-state index in [-0.39, 0.29) is 23.9 Å². The molecule has 0 atom stereocenters. The molecule has 1 aliphatic heterocycles. The Morgan fingerprint density at radius 2 is 1.75 bits per heavy atom. The molecular weight excluding hydrogens is 436 g/mol. The van der Waals surface area contributed by atoms with Gasteiger partial charge in [-0.2, -0.15) is 4.31 Å². The number of benzene rings is 2. The van der Waals surface area contributed by atoms with Crippen LogP contribution in [0.4, 0.5) is 0 Å². The molecule has 0 fully saturated rings. The van der Waals surface area contributed by atoms with Crippen LogP contribution in [0.25, 0.3) is 0 Å². The Bertz CT molecular complexity index is 1070. The summed E-state index contributed by atoms with van der Waals surface area (Å²) in [5.41, 5.74) is 0.746. The number of ether oxygens (including phenoxy) is 4. The third-order valence-electron chi connectivity index (χ3n) is 5.10. The monoisotopic (exact) mass is 464 g/mol. The van der Waals surface area contributed by atoms with Gasteiger partial charge in [0.05, 0.1) is 38.9 Å². The van der Waals surface area contributed by atoms with Gasteiger partial charge in [0, 0.05) is 38.7 Å². The molecule has 0 radical (unpaired) electrons. The van der Waals surface area contributed by atoms with Gasteiger partial charge in [0.2, 0.25) is 15.9 Å². The fraction of sp³-hybridized carbons (Fsp3) is 0.409. The minimum absolute atomic E-state index is 0.0363. The largest absolute Gasteiger partial charge is 0.493 e. The van der Waals surface area contributed by atoms with Crippen LogP contribution < -0.4 is 18.9 Å². The molecule has 3 rings (SSSR count). The SMILES string of the molecule is COc1cccc(CN(C)C(=O)CN(C)S(=O)(=O)c2ccc3c(c2)OCCCO3)c1OC. The van der Waals surface area contributed by atoms with Gasteiger partial charge in [-0.05, 0) is 18.2 Å². The number of methoxy groups -OCH3 is 2. The molecule has 0 unspecified atom stereocenters. The van der Waals surface area contributed by atoms with Gasteiger partial charge in [-0.25, -0.2) is 8.42 Å². The van der Waals surface area contributed by atoms with E-state index in [9.17, 15) is 13.2 Å². The van der Waals surface area contributed by atoms with Crippen molar-refractivity contribution in [3.8, 4) is 23.0 Å². The first-order chi connectivity index (χ1) is 15.3. The average molecular weight is 465 g/mol. The zero-order valence-corrected chi connectivity index (χ0v) is 19.5. The maximum Gasteiger partial charge on any atom is 0.243 e. The number of hydrogen-bond donors (Lipinski definition) is 0. The number of carbonyl (C=O) groups excluding carboxylic acids is 1. The number of rotatable bonds is 8. The molecule has 0 bridgehead atoms. The van der Waals surface area contributed by atoms with Crippen LogP contribution in [-0.2, 0) is 21.4 Å². The highest BCUT2D eigenvalue weighted by atomic mass is 32.2. The first-order valence-corrected chi connectivity index (χ1v) is 11.5. The molecule has 174 valence electrons. The summed E-state index contributed by atoms with van der Waals surface area (Å²) in [5, 5.41) is 0. The molecule has 0 spiro atoms. The second kappa shape index (κ2) is 10.1. The van der Waals surface area contributed by atoms with E-state index < -0.39 is 10.0 Å². The van der Waals surface area contributed by atoms with Crippen molar-refractivity contribution in [3.05, 3.63) is 42.0 Å². The van der Waals surface area contributed by atoms with Crippen molar-refractivity contribution in [2.24, 2.45) is 0 Å². The number of sulfonamides is 1. The van der Waals surface area contributed by atoms with Gasteiger partial charge in [-0.3, -0.25) is 4.79 Å². The Kier molecular flexibility index (Phi) is 7.47. The molecule has 1 amide bonds. The topological polar surface area (TPSA) is 94.6 Å². The fourth-order valence-electron chi connectivity index (χ4n) is 3.30. The maximum atomic E-state index is 13.0. The maximum absolute atomic E-state index is 13.0. The molecule has 0 saturated heterocycles. The molecule has 1 aliphatic rings. The summed E-state index contributed by atoms with van der Waals surface area (Å²) in [7, 11) is 2.14. The van der Waals surface area contributed by atoms with E-state index >= 15 is 0 Å². The summed E-state index contributed by atoms with van der Waals surface area (Å²) < 4.78 is 48.9. The normalized spacial score (nSPS) is 13.4. The minimum atomic E-state index is -3.90. The summed E-state index contributed by atoms with van der Waals surface area (Å²) in [4.78, 5) is 14.2. The van der Waals surface area contributed by atoms with Crippen molar-refractivity contribution < 1.29 is 32.2 Å². The molecule has 0 aliphatic carbocycles. The third-order valence-corrected chi connectivity index (χ3v) is 6.90. The van der Waals surface area contributed by atoms with Crippen molar-refractivity contribution >= 4 is 15.9 Å². The van der Waals surface area contributed by atoms with Gasteiger partial charge in [-0.1, -0.05) is 12.1 Å². The fourth-order valence-corrected chi connectivity index (χ4v) is 4.44. The lowest BCUT2D eigenvalue weighted by Crippen LogP contribution is -2.39. The van der Waals surface area contributed by atoms with Crippen LogP contribution in [0.2, 0.25) is 0 Å². The number of likely N-dealkylation sites (N-methyl/N-ethyl adjacent to an activating group) is 2. The highest BCUT2D eigenvalue weighted by Crippen LogP contribution is 2.33. The van der Waals surface area contributed by atoms with E-state index in [0.29, 0.717) is 36.2 Å². The van der Waals surface area contributed by atoms with Crippen molar-refractivity contribution in [3.63, 3.8) is 0 Å². The van der Waals surface area contributed by atoms with Gasteiger partial charge in [-0.15, -0.1) is 0 Å². The lowest BCUT2D eigenvalue weighted by molar-refractivity contribution is -0.130. The molecule has 0 aromatic heterocycles. The van der Waals surface area contributed by atoms with E-state index in [1.807, 2.05) is 6.07 Å². The molecule has 1 heterocycles. The smallest absolute Gasteiger partial charge is 0.243 e. The summed E-state index contributed by atoms with van der Waals surface area (Å²) in [5.74, 6) is 1.61. The second-order valence-electron chi connectivity index (χ2n) is 7.32. The minimum Gasteiger partial charge on any atom is -0.493 e. The summed E-state index contributed by atoms with van der Waals surface area (Å²) in [6, 6.07) is 9.85. The molecular formula is C22H28N2O7S. The molecule has 2 aromatic rings. The molecule has 0 N–H and O–H groups in total. The van der Waals surface area contributed by atoms with E-state index in [1.165, 1.54) is 38.3 Å². The van der Waals surface area contributed by atoms with Crippen LogP contribution in [0.3, 0.4) is 0 Å². The lowest BCUT2D eigenvalue weighted by atomic mass is 10.1. The zero-order valence-electron chi connectivity index (χ0n) is 18.7. The number of para-hydroxylation sites is 1. The van der Waals surface area contributed by atoms with Crippen LogP contribution >= 0.6 is 0 Å². The van der Waals surface area contributed by atoms with Crippen molar-refractivity contribution in [2.75, 3.05) is 48.1 Å². The lowest BCUT2D eigenvalue weighted by Gasteiger charge is -2.23. The van der Waals surface area contributed by atoms with Gasteiger partial charge >= 0.3 is 0 Å². The molecule has 0 saturated carbocycles. The van der Waals surface area contributed by atoms with E-state index in [1.54, 1.807) is 25.2 Å². The van der Waals surface area contributed by atoms with Gasteiger partial charge in [0.1, 0.15) is 0 Å². The number of nitrogens with zero attached hydrogens (tertiary/aromatic N) is 2. The Morgan fingerprint density at radius 3 is 2.44 bits per heavy atom. The molecule has 2 aromatic carbocycles. The first kappa shape index (κ1) is 23.7. The van der Waals surface area contributed by atoms with Crippen molar-refractivity contribution in [1.29, 1.82) is 0 Å². The predicted octanol–water partition coefficient (Wildman–Crippen LogP) is 2.14. The van der Waals surface area contributed by atoms with E-state index in [2.05, 4.69) is 0 Å². The highest BCUT2D eigenvalue weighted by Gasteiger charge is 2.26. The molecule has 32 heavy (non-hydrogen) atoms. The van der Waals surface area contributed by atoms with Crippen LogP contribution in [0, 0.1) is 0 Å². The van der Waals surface area contributed by atoms with Gasteiger partial charge in [0.25, 0.3) is 0 Å². The first-order valence-electron chi connectivity index (χ1n) is 10.1. The Morgan fingerprint density at radius 1 is 1.03 bits per heavy atom. The van der Waals surface area contributed by atoms with Crippen molar-refractivity contribution in [1.82, 2.24) is 9.21 Å². The van der Waals surface area contributed by atoms with Gasteiger partial charge < -0.3 is 23.8 Å². The van der Waals surface area contributed by atoms with Crippen LogP contribution in [0.1, 0.15) is 12.0 Å². The average Bonchev–Trinajstić information content (AvgIpc) is 3.03. The Balaban J connectivity index is 1.71. The highest BCUT2D eigenvalue weighted by molar-refractivity contribution is 7.89. The summed E-state index contributed by atoms with van der Waals surface area (Å²) in [6.45, 7) is 0.873. The summed E-state index contributed by atoms with van der Waals surface area (Å²) >= 11 is 0. The van der Waals surface area contributed by atoms with Gasteiger partial charge in [0.15, 0.2) is 23.0 Å². The third kappa shape index (κ3) is 5.08. The zero-order chi connectivity index (χ0) is 23.3. The van der Waals surface area contributed by atoms with Crippen LogP contribution in [-0.4, -0.2) is 71.6 Å². The second-order valence-corrected chi connectivity index (χ2v) is 9.37. The number of hydrogen-bond acceptors (Lipinski definition) is 7. The summed E-state index contributed by atoms with van der Waals surface area (Å²) in [6.07, 6.45) is 0.718. The Hall–Kier alpha value is -2.98. The van der Waals surface area contributed by atoms with E-state index in [0.717, 1.165) is 16.3 Å². The molecule has 9 nitrogen and oxygen atoms in total. The standard InChI is InChI=1S/C22H28N2O7S/c1-23(14-16-7-5-8-19(28-3)22(16)29-4)21(25)15-24(2)32(26,27)17-9-10-18-20(13-17)31-12-6-11-30-18/h5,7-10,13H,6,11-12,14-15H2,1-4H3. The van der Waals surface area contributed by atoms with Crippen LogP contribution in [0.15, 0.2) is 41.3 Å². The molecule has 10 heteroatoms. The number of carbonyl (C=O) groups is 1. The number of amides is 1. The number of fused-ring (bicyclic) bond motifs is 1. The van der Waals surface area contributed by atoms with E-state index in [4.69, 9.17) is 18.9 Å². The quantitative estimate of drug-likeness (QED) is 0.591. The predicted molar refractivity (Wildman–Crippen MR) is 118 cm³/mol. The van der Waals surface area contributed by atoms with Crippen LogP contribution in [0.5, 0.6) is 23.0 Å². The Labute approximate surface area is 188 Å². The van der Waals surface area contributed by atoms with Crippen molar-refractivity contribution in [2.45, 2.75) is 17.9 Å².